The van der Waals surface area contributed by atoms with Gasteiger partial charge in [0.25, 0.3) is 0 Å². The molecule has 1 atom stereocenters. The molecule has 1 aliphatic carbocycles. The quantitative estimate of drug-likeness (QED) is 0.473. The van der Waals surface area contributed by atoms with E-state index in [0.717, 1.165) is 37.1 Å². The Bertz CT molecular complexity index is 1270. The Labute approximate surface area is 203 Å². The summed E-state index contributed by atoms with van der Waals surface area (Å²) in [4.78, 5) is 17.3. The summed E-state index contributed by atoms with van der Waals surface area (Å²) in [5, 5.41) is 11.9. The number of carbonyl (C=O) groups excluding carboxylic acids is 1. The van der Waals surface area contributed by atoms with Crippen molar-refractivity contribution in [2.75, 3.05) is 18.4 Å². The van der Waals surface area contributed by atoms with Crippen LogP contribution in [-0.2, 0) is 14.8 Å². The molecule has 3 aromatic rings. The van der Waals surface area contributed by atoms with Gasteiger partial charge in [-0.2, -0.15) is 4.31 Å². The lowest BCUT2D eigenvalue weighted by Gasteiger charge is -2.16. The molecule has 1 saturated carbocycles. The maximum absolute atomic E-state index is 12.9. The number of hydrogen-bond acceptors (Lipinski definition) is 7. The lowest BCUT2D eigenvalue weighted by atomic mass is 10.3. The van der Waals surface area contributed by atoms with Crippen molar-refractivity contribution < 1.29 is 13.2 Å². The Hall–Kier alpha value is -2.76. The van der Waals surface area contributed by atoms with E-state index >= 15 is 0 Å². The molecule has 0 radical (unpaired) electrons. The molecule has 1 saturated heterocycles. The Balaban J connectivity index is 1.26. The molecule has 1 amide bonds. The number of rotatable bonds is 8. The number of pyridine rings is 1. The Morgan fingerprint density at radius 3 is 2.50 bits per heavy atom. The summed E-state index contributed by atoms with van der Waals surface area (Å²) in [6.07, 6.45) is 7.39. The second-order valence-electron chi connectivity index (χ2n) is 8.53. The summed E-state index contributed by atoms with van der Waals surface area (Å²) in [6.45, 7) is 2.94. The van der Waals surface area contributed by atoms with Crippen molar-refractivity contribution in [2.45, 2.75) is 54.0 Å². The first-order valence-electron chi connectivity index (χ1n) is 11.4. The Kier molecular flexibility index (Phi) is 6.41. The largest absolute Gasteiger partial charge is 0.325 e. The predicted molar refractivity (Wildman–Crippen MR) is 130 cm³/mol. The highest BCUT2D eigenvalue weighted by atomic mass is 32.2. The highest BCUT2D eigenvalue weighted by molar-refractivity contribution is 8.00. The van der Waals surface area contributed by atoms with Gasteiger partial charge in [-0.3, -0.25) is 14.3 Å². The lowest BCUT2D eigenvalue weighted by molar-refractivity contribution is -0.115. The van der Waals surface area contributed by atoms with Gasteiger partial charge in [0.05, 0.1) is 10.1 Å². The van der Waals surface area contributed by atoms with Gasteiger partial charge in [0.15, 0.2) is 11.0 Å². The second-order valence-corrected chi connectivity index (χ2v) is 11.8. The van der Waals surface area contributed by atoms with Crippen LogP contribution in [0.15, 0.2) is 58.8 Å². The van der Waals surface area contributed by atoms with Crippen molar-refractivity contribution in [1.82, 2.24) is 24.1 Å². The highest BCUT2D eigenvalue weighted by Crippen LogP contribution is 2.41. The molecule has 2 aromatic heterocycles. The first-order chi connectivity index (χ1) is 16.4. The standard InChI is InChI=1S/C23H26N6O3S2/c1-16(33-23-27-26-21(29(23)19-8-9-19)17-5-4-12-24-15-17)22(30)25-18-6-10-20(11-7-18)34(31,32)28-13-2-3-14-28/h4-7,10-12,15-16,19H,2-3,8-9,13-14H2,1H3,(H,25,30)/t16-/m0/s1. The molecule has 0 bridgehead atoms. The maximum atomic E-state index is 12.9. The maximum Gasteiger partial charge on any atom is 0.243 e. The van der Waals surface area contributed by atoms with Gasteiger partial charge < -0.3 is 5.32 Å². The minimum Gasteiger partial charge on any atom is -0.325 e. The average Bonchev–Trinajstić information content (AvgIpc) is 3.34. The van der Waals surface area contributed by atoms with Crippen molar-refractivity contribution in [2.24, 2.45) is 0 Å². The van der Waals surface area contributed by atoms with E-state index in [0.29, 0.717) is 30.0 Å². The fraction of sp³-hybridized carbons (Fsp3) is 0.391. The SMILES string of the molecule is C[C@H](Sc1nnc(-c2cccnc2)n1C1CC1)C(=O)Nc1ccc(S(=O)(=O)N2CCCC2)cc1. The van der Waals surface area contributed by atoms with Crippen molar-refractivity contribution in [1.29, 1.82) is 0 Å². The summed E-state index contributed by atoms with van der Waals surface area (Å²) in [5.74, 6) is 0.578. The van der Waals surface area contributed by atoms with Crippen LogP contribution >= 0.6 is 11.8 Å². The number of hydrogen-bond donors (Lipinski definition) is 1. The number of anilines is 1. The van der Waals surface area contributed by atoms with Crippen molar-refractivity contribution in [3.05, 3.63) is 48.8 Å². The van der Waals surface area contributed by atoms with Crippen molar-refractivity contribution >= 4 is 33.4 Å². The molecule has 3 heterocycles. The van der Waals surface area contributed by atoms with E-state index in [1.54, 1.807) is 36.7 Å². The third-order valence-electron chi connectivity index (χ3n) is 5.97. The molecule has 5 rings (SSSR count). The van der Waals surface area contributed by atoms with Crippen LogP contribution in [0.2, 0.25) is 0 Å². The summed E-state index contributed by atoms with van der Waals surface area (Å²) in [6, 6.07) is 10.5. The van der Waals surface area contributed by atoms with E-state index < -0.39 is 15.3 Å². The third-order valence-corrected chi connectivity index (χ3v) is 8.94. The van der Waals surface area contributed by atoms with E-state index in [9.17, 15) is 13.2 Å². The first kappa shape index (κ1) is 23.0. The monoisotopic (exact) mass is 498 g/mol. The fourth-order valence-electron chi connectivity index (χ4n) is 3.95. The first-order valence-corrected chi connectivity index (χ1v) is 13.7. The molecule has 34 heavy (non-hydrogen) atoms. The normalized spacial score (nSPS) is 17.6. The molecule has 0 unspecified atom stereocenters. The molecule has 1 N–H and O–H groups in total. The van der Waals surface area contributed by atoms with Crippen LogP contribution < -0.4 is 5.32 Å². The molecule has 0 spiro atoms. The molecule has 178 valence electrons. The van der Waals surface area contributed by atoms with Crippen molar-refractivity contribution in [3.8, 4) is 11.4 Å². The van der Waals surface area contributed by atoms with E-state index in [1.165, 1.54) is 16.1 Å². The zero-order valence-corrected chi connectivity index (χ0v) is 20.4. The van der Waals surface area contributed by atoms with Gasteiger partial charge >= 0.3 is 0 Å². The highest BCUT2D eigenvalue weighted by Gasteiger charge is 2.32. The average molecular weight is 499 g/mol. The van der Waals surface area contributed by atoms with Crippen LogP contribution in [0.4, 0.5) is 5.69 Å². The van der Waals surface area contributed by atoms with Crippen LogP contribution in [0.1, 0.15) is 38.6 Å². The van der Waals surface area contributed by atoms with Gasteiger partial charge in [0.2, 0.25) is 15.9 Å². The number of sulfonamides is 1. The van der Waals surface area contributed by atoms with Crippen LogP contribution in [0, 0.1) is 0 Å². The van der Waals surface area contributed by atoms with Gasteiger partial charge in [-0.1, -0.05) is 11.8 Å². The molecule has 9 nitrogen and oxygen atoms in total. The number of thioether (sulfide) groups is 1. The number of nitrogens with zero attached hydrogens (tertiary/aromatic N) is 5. The molecule has 2 fully saturated rings. The van der Waals surface area contributed by atoms with Gasteiger partial charge in [-0.05, 0) is 69.0 Å². The molecule has 11 heteroatoms. The predicted octanol–water partition coefficient (Wildman–Crippen LogP) is 3.58. The van der Waals surface area contributed by atoms with E-state index in [2.05, 4.69) is 25.1 Å². The van der Waals surface area contributed by atoms with Gasteiger partial charge in [0.1, 0.15) is 0 Å². The summed E-state index contributed by atoms with van der Waals surface area (Å²) >= 11 is 1.36. The summed E-state index contributed by atoms with van der Waals surface area (Å²) in [5.41, 5.74) is 1.45. The minimum atomic E-state index is -3.47. The third kappa shape index (κ3) is 4.73. The smallest absolute Gasteiger partial charge is 0.243 e. The van der Waals surface area contributed by atoms with Crippen molar-refractivity contribution in [3.63, 3.8) is 0 Å². The molecule has 2 aliphatic rings. The zero-order chi connectivity index (χ0) is 23.7. The summed E-state index contributed by atoms with van der Waals surface area (Å²) in [7, 11) is -3.47. The van der Waals surface area contributed by atoms with Crippen LogP contribution in [-0.4, -0.2) is 56.7 Å². The number of aromatic nitrogens is 4. The number of nitrogens with one attached hydrogen (secondary N) is 1. The molecular formula is C23H26N6O3S2. The van der Waals surface area contributed by atoms with Crippen LogP contribution in [0.5, 0.6) is 0 Å². The molecule has 1 aliphatic heterocycles. The number of carbonyl (C=O) groups is 1. The number of benzene rings is 1. The minimum absolute atomic E-state index is 0.187. The van der Waals surface area contributed by atoms with E-state index in [-0.39, 0.29) is 10.8 Å². The molecule has 1 aromatic carbocycles. The number of amides is 1. The topological polar surface area (TPSA) is 110 Å². The van der Waals surface area contributed by atoms with E-state index in [4.69, 9.17) is 0 Å². The van der Waals surface area contributed by atoms with Crippen LogP contribution in [0.25, 0.3) is 11.4 Å². The second kappa shape index (κ2) is 9.47. The Morgan fingerprint density at radius 1 is 1.12 bits per heavy atom. The lowest BCUT2D eigenvalue weighted by Crippen LogP contribution is -2.27. The van der Waals surface area contributed by atoms with Gasteiger partial charge in [-0.15, -0.1) is 10.2 Å². The zero-order valence-electron chi connectivity index (χ0n) is 18.8. The van der Waals surface area contributed by atoms with Gasteiger partial charge in [-0.25, -0.2) is 8.42 Å². The fourth-order valence-corrected chi connectivity index (χ4v) is 6.39. The van der Waals surface area contributed by atoms with Crippen LogP contribution in [0.3, 0.4) is 0 Å². The van der Waals surface area contributed by atoms with Gasteiger partial charge in [0, 0.05) is 42.8 Å². The van der Waals surface area contributed by atoms with E-state index in [1.807, 2.05) is 19.1 Å². The molecular weight excluding hydrogens is 472 g/mol. The summed E-state index contributed by atoms with van der Waals surface area (Å²) < 4.78 is 29.0. The Morgan fingerprint density at radius 2 is 1.85 bits per heavy atom.